The van der Waals surface area contributed by atoms with Crippen molar-refractivity contribution in [2.24, 2.45) is 0 Å². The zero-order chi connectivity index (χ0) is 20.6. The van der Waals surface area contributed by atoms with Gasteiger partial charge in [-0.1, -0.05) is 18.2 Å². The van der Waals surface area contributed by atoms with Crippen LogP contribution in [0.1, 0.15) is 22.8 Å². The molecule has 2 aliphatic rings. The minimum absolute atomic E-state index is 0.157. The molecule has 0 saturated carbocycles. The first-order valence-corrected chi connectivity index (χ1v) is 9.10. The monoisotopic (exact) mass is 396 g/mol. The maximum atomic E-state index is 13.0. The number of carbonyl (C=O) groups is 3. The lowest BCUT2D eigenvalue weighted by Gasteiger charge is -2.22. The van der Waals surface area contributed by atoms with Crippen molar-refractivity contribution in [1.82, 2.24) is 10.2 Å². The number of methoxy groups -OCH3 is 1. The molecule has 8 nitrogen and oxygen atoms in total. The maximum Gasteiger partial charge on any atom is 0.325 e. The van der Waals surface area contributed by atoms with Gasteiger partial charge >= 0.3 is 6.03 Å². The number of urea groups is 1. The van der Waals surface area contributed by atoms with Crippen LogP contribution >= 0.6 is 0 Å². The highest BCUT2D eigenvalue weighted by atomic mass is 16.7. The van der Waals surface area contributed by atoms with Crippen LogP contribution in [0.25, 0.3) is 0 Å². The summed E-state index contributed by atoms with van der Waals surface area (Å²) in [4.78, 5) is 39.1. The highest BCUT2D eigenvalue weighted by Crippen LogP contribution is 2.34. The highest BCUT2D eigenvalue weighted by Gasteiger charge is 2.48. The second-order valence-electron chi connectivity index (χ2n) is 7.14. The van der Waals surface area contributed by atoms with Gasteiger partial charge in [-0.3, -0.25) is 14.5 Å². The normalized spacial score (nSPS) is 20.0. The molecule has 0 unspecified atom stereocenters. The Balaban J connectivity index is 1.51. The number of para-hydroxylation sites is 1. The van der Waals surface area contributed by atoms with E-state index in [1.165, 1.54) is 7.11 Å². The lowest BCUT2D eigenvalue weighted by molar-refractivity contribution is -0.130. The molecule has 3 amide bonds. The summed E-state index contributed by atoms with van der Waals surface area (Å²) < 4.78 is 15.9. The second-order valence-corrected chi connectivity index (χ2v) is 7.14. The first kappa shape index (κ1) is 18.8. The molecule has 2 aromatic carbocycles. The van der Waals surface area contributed by atoms with E-state index >= 15 is 0 Å². The quantitative estimate of drug-likeness (QED) is 0.594. The minimum Gasteiger partial charge on any atom is -0.496 e. The van der Waals surface area contributed by atoms with E-state index in [1.807, 2.05) is 6.07 Å². The van der Waals surface area contributed by atoms with Crippen LogP contribution in [0, 0.1) is 0 Å². The third kappa shape index (κ3) is 3.37. The zero-order valence-corrected chi connectivity index (χ0v) is 16.1. The highest BCUT2D eigenvalue weighted by molar-refractivity contribution is 6.11. The van der Waals surface area contributed by atoms with Crippen molar-refractivity contribution in [3.63, 3.8) is 0 Å². The Bertz CT molecular complexity index is 1000. The summed E-state index contributed by atoms with van der Waals surface area (Å²) in [6.07, 6.45) is 0.258. The molecule has 0 aromatic heterocycles. The van der Waals surface area contributed by atoms with E-state index in [4.69, 9.17) is 14.2 Å². The van der Waals surface area contributed by atoms with Crippen molar-refractivity contribution in [1.29, 1.82) is 0 Å². The van der Waals surface area contributed by atoms with Gasteiger partial charge in [0.05, 0.1) is 19.2 Å². The molecule has 1 saturated heterocycles. The Morgan fingerprint density at radius 3 is 2.72 bits per heavy atom. The Hall–Kier alpha value is -3.55. The number of fused-ring (bicyclic) bond motifs is 1. The number of carbonyl (C=O) groups excluding carboxylic acids is 3. The van der Waals surface area contributed by atoms with E-state index < -0.39 is 17.5 Å². The van der Waals surface area contributed by atoms with Crippen molar-refractivity contribution in [3.8, 4) is 17.2 Å². The molecule has 2 heterocycles. The van der Waals surface area contributed by atoms with Crippen molar-refractivity contribution >= 4 is 17.7 Å². The van der Waals surface area contributed by atoms with Crippen LogP contribution in [0.3, 0.4) is 0 Å². The number of rotatable bonds is 6. The summed E-state index contributed by atoms with van der Waals surface area (Å²) in [5, 5.41) is 2.71. The van der Waals surface area contributed by atoms with Gasteiger partial charge in [0, 0.05) is 6.42 Å². The topological polar surface area (TPSA) is 94.2 Å². The lowest BCUT2D eigenvalue weighted by atomic mass is 9.92. The molecule has 1 atom stereocenters. The van der Waals surface area contributed by atoms with Gasteiger partial charge in [-0.25, -0.2) is 4.79 Å². The van der Waals surface area contributed by atoms with Crippen molar-refractivity contribution < 1.29 is 28.6 Å². The SMILES string of the molecule is COc1ccccc1C(=O)CN1C(=O)N[C@](C)(Cc2ccc3c(c2)OCO3)C1=O. The van der Waals surface area contributed by atoms with E-state index in [1.54, 1.807) is 43.3 Å². The summed E-state index contributed by atoms with van der Waals surface area (Å²) in [5.74, 6) is 0.810. The molecule has 0 bridgehead atoms. The molecular weight excluding hydrogens is 376 g/mol. The summed E-state index contributed by atoms with van der Waals surface area (Å²) in [6, 6.07) is 11.5. The molecule has 0 radical (unpaired) electrons. The lowest BCUT2D eigenvalue weighted by Crippen LogP contribution is -2.46. The summed E-state index contributed by atoms with van der Waals surface area (Å²) in [7, 11) is 1.46. The van der Waals surface area contributed by atoms with E-state index in [0.29, 0.717) is 22.8 Å². The zero-order valence-electron chi connectivity index (χ0n) is 16.1. The van der Waals surface area contributed by atoms with Crippen LogP contribution in [-0.2, 0) is 11.2 Å². The Morgan fingerprint density at radius 2 is 1.93 bits per heavy atom. The van der Waals surface area contributed by atoms with E-state index in [9.17, 15) is 14.4 Å². The van der Waals surface area contributed by atoms with Gasteiger partial charge in [-0.2, -0.15) is 0 Å². The van der Waals surface area contributed by atoms with Crippen LogP contribution in [0.4, 0.5) is 4.79 Å². The number of amides is 3. The number of Topliss-reactive ketones (excluding diaryl/α,β-unsaturated/α-hetero) is 1. The predicted molar refractivity (Wildman–Crippen MR) is 102 cm³/mol. The molecule has 1 fully saturated rings. The maximum absolute atomic E-state index is 13.0. The fourth-order valence-electron chi connectivity index (χ4n) is 3.57. The molecular formula is C21H20N2O6. The van der Waals surface area contributed by atoms with E-state index in [-0.39, 0.29) is 25.5 Å². The molecule has 0 aliphatic carbocycles. The average Bonchev–Trinajstić information content (AvgIpc) is 3.25. The predicted octanol–water partition coefficient (Wildman–Crippen LogP) is 2.16. The second kappa shape index (κ2) is 7.12. The standard InChI is InChI=1S/C21H20N2O6/c1-21(10-13-7-8-17-18(9-13)29-12-28-17)19(25)23(20(26)22-21)11-15(24)14-5-3-4-6-16(14)27-2/h3-9H,10-12H2,1-2H3,(H,22,26)/t21-/m1/s1. The smallest absolute Gasteiger partial charge is 0.325 e. The Labute approximate surface area is 167 Å². The molecule has 29 heavy (non-hydrogen) atoms. The third-order valence-electron chi connectivity index (χ3n) is 5.05. The number of hydrogen-bond acceptors (Lipinski definition) is 6. The van der Waals surface area contributed by atoms with Crippen LogP contribution in [-0.4, -0.2) is 48.6 Å². The fourth-order valence-corrected chi connectivity index (χ4v) is 3.57. The van der Waals surface area contributed by atoms with Crippen molar-refractivity contribution in [3.05, 3.63) is 53.6 Å². The van der Waals surface area contributed by atoms with E-state index in [0.717, 1.165) is 10.5 Å². The van der Waals surface area contributed by atoms with Gasteiger partial charge in [0.2, 0.25) is 6.79 Å². The first-order valence-electron chi connectivity index (χ1n) is 9.10. The van der Waals surface area contributed by atoms with Gasteiger partial charge in [0.15, 0.2) is 17.3 Å². The summed E-state index contributed by atoms with van der Waals surface area (Å²) in [6.45, 7) is 1.44. The number of benzene rings is 2. The number of nitrogens with one attached hydrogen (secondary N) is 1. The molecule has 8 heteroatoms. The molecule has 1 N–H and O–H groups in total. The number of nitrogens with zero attached hydrogens (tertiary/aromatic N) is 1. The summed E-state index contributed by atoms with van der Waals surface area (Å²) in [5.41, 5.74) is -0.0328. The van der Waals surface area contributed by atoms with Crippen LogP contribution < -0.4 is 19.5 Å². The van der Waals surface area contributed by atoms with Crippen molar-refractivity contribution in [2.75, 3.05) is 20.4 Å². The molecule has 4 rings (SSSR count). The van der Waals surface area contributed by atoms with Crippen molar-refractivity contribution in [2.45, 2.75) is 18.9 Å². The average molecular weight is 396 g/mol. The summed E-state index contributed by atoms with van der Waals surface area (Å²) >= 11 is 0. The Morgan fingerprint density at radius 1 is 1.17 bits per heavy atom. The van der Waals surface area contributed by atoms with E-state index in [2.05, 4.69) is 5.32 Å². The van der Waals surface area contributed by atoms with Gasteiger partial charge in [-0.05, 0) is 36.8 Å². The molecule has 0 spiro atoms. The molecule has 2 aromatic rings. The van der Waals surface area contributed by atoms with Crippen LogP contribution in [0.2, 0.25) is 0 Å². The van der Waals surface area contributed by atoms with Gasteiger partial charge in [0.25, 0.3) is 5.91 Å². The number of ether oxygens (including phenoxy) is 3. The number of ketones is 1. The van der Waals surface area contributed by atoms with Gasteiger partial charge < -0.3 is 19.5 Å². The van der Waals surface area contributed by atoms with Gasteiger partial charge in [-0.15, -0.1) is 0 Å². The Kier molecular flexibility index (Phi) is 4.62. The van der Waals surface area contributed by atoms with Gasteiger partial charge in [0.1, 0.15) is 11.3 Å². The molecule has 2 aliphatic heterocycles. The van der Waals surface area contributed by atoms with Crippen LogP contribution in [0.5, 0.6) is 17.2 Å². The molecule has 150 valence electrons. The minimum atomic E-state index is -1.16. The third-order valence-corrected chi connectivity index (χ3v) is 5.05. The largest absolute Gasteiger partial charge is 0.496 e. The first-order chi connectivity index (χ1) is 13.9. The number of hydrogen-bond donors (Lipinski definition) is 1. The van der Waals surface area contributed by atoms with Crippen LogP contribution in [0.15, 0.2) is 42.5 Å². The fraction of sp³-hybridized carbons (Fsp3) is 0.286. The number of imide groups is 1.